The fourth-order valence-corrected chi connectivity index (χ4v) is 6.92. The minimum atomic E-state index is -0.667. The van der Waals surface area contributed by atoms with Crippen LogP contribution in [-0.4, -0.2) is 23.1 Å². The Bertz CT molecular complexity index is 828. The van der Waals surface area contributed by atoms with Crippen LogP contribution in [0.2, 0.25) is 0 Å². The molecule has 0 amide bonds. The number of hydrogen-bond donors (Lipinski definition) is 1. The van der Waals surface area contributed by atoms with Gasteiger partial charge in [-0.15, -0.1) is 0 Å². The van der Waals surface area contributed by atoms with Crippen LogP contribution in [0.4, 0.5) is 0 Å². The molecule has 1 N–H and O–H groups in total. The summed E-state index contributed by atoms with van der Waals surface area (Å²) in [6, 6.07) is 0. The van der Waals surface area contributed by atoms with E-state index in [1.807, 2.05) is 0 Å². The number of allylic oxidation sites excluding steroid dienone is 6. The van der Waals surface area contributed by atoms with Crippen molar-refractivity contribution in [3.63, 3.8) is 0 Å². The number of carbonyl (C=O) groups excluding carboxylic acids is 1. The molecule has 0 aliphatic carbocycles. The van der Waals surface area contributed by atoms with Crippen LogP contribution in [0, 0.1) is 0 Å². The fraction of sp³-hybridized carbons (Fsp3) is 0.833. The molecule has 0 aromatic rings. The second-order valence-electron chi connectivity index (χ2n) is 15.6. The number of hydrogen-bond acceptors (Lipinski definition) is 3. The molecule has 0 saturated carbocycles. The second-order valence-corrected chi connectivity index (χ2v) is 15.6. The van der Waals surface area contributed by atoms with E-state index < -0.39 is 5.97 Å². The van der Waals surface area contributed by atoms with Crippen molar-refractivity contribution >= 4 is 11.9 Å². The molecule has 304 valence electrons. The third kappa shape index (κ3) is 42.6. The molecule has 0 spiro atoms. The van der Waals surface area contributed by atoms with Crippen LogP contribution in [0.5, 0.6) is 0 Å². The van der Waals surface area contributed by atoms with E-state index in [1.165, 1.54) is 180 Å². The van der Waals surface area contributed by atoms with Gasteiger partial charge in [0, 0.05) is 12.8 Å². The molecule has 0 aliphatic rings. The highest BCUT2D eigenvalue weighted by Crippen LogP contribution is 2.19. The molecule has 1 atom stereocenters. The number of carboxylic acids is 1. The van der Waals surface area contributed by atoms with Gasteiger partial charge in [-0.2, -0.15) is 0 Å². The van der Waals surface area contributed by atoms with E-state index in [9.17, 15) is 9.59 Å². The van der Waals surface area contributed by atoms with Crippen LogP contribution >= 0.6 is 0 Å². The van der Waals surface area contributed by atoms with E-state index in [0.717, 1.165) is 44.9 Å². The van der Waals surface area contributed by atoms with Crippen LogP contribution in [0.15, 0.2) is 36.5 Å². The van der Waals surface area contributed by atoms with Gasteiger partial charge in [0.25, 0.3) is 0 Å². The maximum absolute atomic E-state index is 12.7. The number of esters is 1. The SMILES string of the molecule is CCCCC/C=C\C/C=C\CCCC/C=C\CCCCCCCC(=O)OC(CCCCCCC)CCCCCCCCCCCCCCCC(=O)O. The molecule has 4 nitrogen and oxygen atoms in total. The lowest BCUT2D eigenvalue weighted by Crippen LogP contribution is -2.18. The van der Waals surface area contributed by atoms with Gasteiger partial charge in [-0.25, -0.2) is 0 Å². The minimum Gasteiger partial charge on any atom is -0.481 e. The molecule has 4 heteroatoms. The fourth-order valence-electron chi connectivity index (χ4n) is 6.92. The molecule has 52 heavy (non-hydrogen) atoms. The predicted octanol–water partition coefficient (Wildman–Crippen LogP) is 16.1. The molecule has 0 fully saturated rings. The summed E-state index contributed by atoms with van der Waals surface area (Å²) in [5, 5.41) is 8.70. The molecule has 0 rings (SSSR count). The van der Waals surface area contributed by atoms with Crippen molar-refractivity contribution in [1.82, 2.24) is 0 Å². The first-order valence-corrected chi connectivity index (χ1v) is 23.0. The highest BCUT2D eigenvalue weighted by molar-refractivity contribution is 5.69. The molecular weight excluding hydrogens is 641 g/mol. The lowest BCUT2D eigenvalue weighted by atomic mass is 10.0. The molecule has 0 aromatic heterocycles. The maximum Gasteiger partial charge on any atom is 0.306 e. The Morgan fingerprint density at radius 2 is 0.750 bits per heavy atom. The lowest BCUT2D eigenvalue weighted by molar-refractivity contribution is -0.150. The van der Waals surface area contributed by atoms with Gasteiger partial charge in [0.15, 0.2) is 0 Å². The maximum atomic E-state index is 12.7. The summed E-state index contributed by atoms with van der Waals surface area (Å²) < 4.78 is 6.04. The average Bonchev–Trinajstić information content (AvgIpc) is 3.13. The normalized spacial score (nSPS) is 12.5. The summed E-state index contributed by atoms with van der Waals surface area (Å²) in [6.07, 6.45) is 57.8. The molecule has 0 heterocycles. The van der Waals surface area contributed by atoms with Gasteiger partial charge < -0.3 is 9.84 Å². The summed E-state index contributed by atoms with van der Waals surface area (Å²) in [5.74, 6) is -0.633. The molecule has 0 radical (unpaired) electrons. The van der Waals surface area contributed by atoms with Gasteiger partial charge >= 0.3 is 11.9 Å². The van der Waals surface area contributed by atoms with Gasteiger partial charge in [0.2, 0.25) is 0 Å². The lowest BCUT2D eigenvalue weighted by Gasteiger charge is -2.18. The first-order chi connectivity index (χ1) is 25.6. The predicted molar refractivity (Wildman–Crippen MR) is 227 cm³/mol. The van der Waals surface area contributed by atoms with Gasteiger partial charge in [-0.1, -0.05) is 179 Å². The third-order valence-electron chi connectivity index (χ3n) is 10.3. The molecule has 1 unspecified atom stereocenters. The van der Waals surface area contributed by atoms with E-state index >= 15 is 0 Å². The third-order valence-corrected chi connectivity index (χ3v) is 10.3. The monoisotopic (exact) mass is 729 g/mol. The largest absolute Gasteiger partial charge is 0.481 e. The number of unbranched alkanes of at least 4 members (excludes halogenated alkanes) is 27. The Balaban J connectivity index is 3.84. The van der Waals surface area contributed by atoms with Crippen molar-refractivity contribution in [3.8, 4) is 0 Å². The van der Waals surface area contributed by atoms with Gasteiger partial charge in [-0.3, -0.25) is 9.59 Å². The number of carbonyl (C=O) groups is 2. The first kappa shape index (κ1) is 50.2. The standard InChI is InChI=1S/C48H88O4/c1-3-5-7-9-10-11-12-13-14-15-16-17-18-19-20-24-27-30-33-37-41-45-48(51)52-46(42-38-34-8-6-4-2)43-39-35-31-28-25-22-21-23-26-29-32-36-40-44-47(49)50/h10-11,13-14,19-20,46H,3-9,12,15-18,21-45H2,1-2H3,(H,49,50)/b11-10-,14-13-,20-19-. The van der Waals surface area contributed by atoms with Crippen LogP contribution in [0.1, 0.15) is 251 Å². The quantitative estimate of drug-likeness (QED) is 0.0386. The molecular formula is C48H88O4. The topological polar surface area (TPSA) is 63.6 Å². The van der Waals surface area contributed by atoms with Gasteiger partial charge in [-0.05, 0) is 96.3 Å². The van der Waals surface area contributed by atoms with Crippen LogP contribution in [0.3, 0.4) is 0 Å². The molecule has 0 aliphatic heterocycles. The van der Waals surface area contributed by atoms with E-state index in [4.69, 9.17) is 9.84 Å². The van der Waals surface area contributed by atoms with Crippen molar-refractivity contribution < 1.29 is 19.4 Å². The number of carboxylic acid groups (broad SMARTS) is 1. The van der Waals surface area contributed by atoms with Crippen molar-refractivity contribution in [2.24, 2.45) is 0 Å². The first-order valence-electron chi connectivity index (χ1n) is 23.0. The Kier molecular flexibility index (Phi) is 42.0. The van der Waals surface area contributed by atoms with E-state index in [1.54, 1.807) is 0 Å². The average molecular weight is 729 g/mol. The van der Waals surface area contributed by atoms with E-state index in [0.29, 0.717) is 12.8 Å². The zero-order valence-electron chi connectivity index (χ0n) is 34.9. The Labute approximate surface area is 324 Å². The zero-order valence-corrected chi connectivity index (χ0v) is 34.9. The van der Waals surface area contributed by atoms with Gasteiger partial charge in [0.05, 0.1) is 0 Å². The van der Waals surface area contributed by atoms with Gasteiger partial charge in [0.1, 0.15) is 6.10 Å². The summed E-state index contributed by atoms with van der Waals surface area (Å²) in [5.41, 5.74) is 0. The smallest absolute Gasteiger partial charge is 0.306 e. The Hall–Kier alpha value is -1.84. The second kappa shape index (κ2) is 43.6. The van der Waals surface area contributed by atoms with Crippen molar-refractivity contribution in [2.75, 3.05) is 0 Å². The number of rotatable bonds is 42. The molecule has 0 saturated heterocycles. The van der Waals surface area contributed by atoms with Crippen molar-refractivity contribution in [3.05, 3.63) is 36.5 Å². The summed E-state index contributed by atoms with van der Waals surface area (Å²) in [7, 11) is 0. The van der Waals surface area contributed by atoms with E-state index in [-0.39, 0.29) is 12.1 Å². The summed E-state index contributed by atoms with van der Waals surface area (Å²) >= 11 is 0. The minimum absolute atomic E-state index is 0.0342. The van der Waals surface area contributed by atoms with E-state index in [2.05, 4.69) is 50.3 Å². The Morgan fingerprint density at radius 1 is 0.423 bits per heavy atom. The van der Waals surface area contributed by atoms with Crippen LogP contribution in [-0.2, 0) is 14.3 Å². The number of ether oxygens (including phenoxy) is 1. The van der Waals surface area contributed by atoms with Crippen LogP contribution in [0.25, 0.3) is 0 Å². The van der Waals surface area contributed by atoms with Crippen LogP contribution < -0.4 is 0 Å². The zero-order chi connectivity index (χ0) is 37.8. The molecule has 0 aromatic carbocycles. The highest BCUT2D eigenvalue weighted by atomic mass is 16.5. The Morgan fingerprint density at radius 3 is 1.21 bits per heavy atom. The summed E-state index contributed by atoms with van der Waals surface area (Å²) in [4.78, 5) is 23.3. The summed E-state index contributed by atoms with van der Waals surface area (Å²) in [6.45, 7) is 4.52. The molecule has 0 bridgehead atoms. The van der Waals surface area contributed by atoms with Crippen molar-refractivity contribution in [2.45, 2.75) is 258 Å². The van der Waals surface area contributed by atoms with Crippen molar-refractivity contribution in [1.29, 1.82) is 0 Å². The highest BCUT2D eigenvalue weighted by Gasteiger charge is 2.14. The number of aliphatic carboxylic acids is 1.